The molecule has 0 aliphatic carbocycles. The average Bonchev–Trinajstić information content (AvgIpc) is 2.89. The van der Waals surface area contributed by atoms with Crippen molar-refractivity contribution in [3.05, 3.63) is 29.8 Å². The molecule has 1 saturated heterocycles. The van der Waals surface area contributed by atoms with E-state index in [0.717, 1.165) is 11.8 Å². The predicted molar refractivity (Wildman–Crippen MR) is 112 cm³/mol. The van der Waals surface area contributed by atoms with Crippen LogP contribution >= 0.6 is 11.8 Å². The number of amides is 1. The predicted octanol–water partition coefficient (Wildman–Crippen LogP) is 2.24. The first kappa shape index (κ1) is 23.4. The summed E-state index contributed by atoms with van der Waals surface area (Å²) in [4.78, 5) is 37.2. The zero-order chi connectivity index (χ0) is 21.9. The van der Waals surface area contributed by atoms with Crippen LogP contribution < -0.4 is 5.32 Å². The Morgan fingerprint density at radius 1 is 1.21 bits per heavy atom. The Kier molecular flexibility index (Phi) is 7.16. The fourth-order valence-electron chi connectivity index (χ4n) is 2.81. The third-order valence-electron chi connectivity index (χ3n) is 4.58. The molecular formula is C20H27NO6S2. The van der Waals surface area contributed by atoms with E-state index in [4.69, 9.17) is 4.74 Å². The average molecular weight is 442 g/mol. The number of sulfone groups is 1. The number of ketones is 1. The molecule has 1 N–H and O–H groups in total. The normalized spacial score (nSPS) is 20.8. The van der Waals surface area contributed by atoms with Crippen molar-refractivity contribution in [2.45, 2.75) is 44.6 Å². The smallest absolute Gasteiger partial charge is 0.339 e. The minimum Gasteiger partial charge on any atom is -0.454 e. The van der Waals surface area contributed by atoms with Gasteiger partial charge in [0.2, 0.25) is 5.91 Å². The maximum absolute atomic E-state index is 12.4. The molecule has 0 spiro atoms. The molecule has 0 bridgehead atoms. The number of carbonyl (C=O) groups is 3. The van der Waals surface area contributed by atoms with Crippen molar-refractivity contribution in [3.63, 3.8) is 0 Å². The zero-order valence-electron chi connectivity index (χ0n) is 17.1. The monoisotopic (exact) mass is 441 g/mol. The summed E-state index contributed by atoms with van der Waals surface area (Å²) >= 11 is 1.16. The molecule has 1 atom stereocenters. The van der Waals surface area contributed by atoms with Crippen LogP contribution in [0.3, 0.4) is 0 Å². The van der Waals surface area contributed by atoms with E-state index in [1.54, 1.807) is 52.0 Å². The van der Waals surface area contributed by atoms with Gasteiger partial charge in [0.25, 0.3) is 0 Å². The van der Waals surface area contributed by atoms with Crippen LogP contribution in [0.4, 0.5) is 0 Å². The zero-order valence-corrected chi connectivity index (χ0v) is 18.7. The largest absolute Gasteiger partial charge is 0.454 e. The van der Waals surface area contributed by atoms with Gasteiger partial charge < -0.3 is 10.1 Å². The number of Topliss-reactive ketones (excluding diaryl/α,β-unsaturated/α-hetero) is 1. The van der Waals surface area contributed by atoms with Crippen LogP contribution in [-0.4, -0.2) is 55.5 Å². The van der Waals surface area contributed by atoms with Gasteiger partial charge in [-0.05, 0) is 25.5 Å². The van der Waals surface area contributed by atoms with Crippen molar-refractivity contribution in [1.29, 1.82) is 0 Å². The second-order valence-corrected chi connectivity index (χ2v) is 11.7. The second kappa shape index (κ2) is 8.87. The summed E-state index contributed by atoms with van der Waals surface area (Å²) in [6.45, 7) is 6.66. The van der Waals surface area contributed by atoms with Crippen molar-refractivity contribution >= 4 is 39.3 Å². The number of ether oxygens (including phenoxy) is 1. The molecule has 0 aromatic heterocycles. The SMILES string of the molecule is CC1(NC(=O)CSc2ccccc2C(=O)OCC(=O)C(C)(C)C)CCS(=O)(=O)C1. The van der Waals surface area contributed by atoms with Crippen LogP contribution in [0.25, 0.3) is 0 Å². The Bertz CT molecular complexity index is 904. The van der Waals surface area contributed by atoms with E-state index < -0.39 is 26.8 Å². The molecule has 1 amide bonds. The third kappa shape index (κ3) is 6.85. The molecule has 9 heteroatoms. The van der Waals surface area contributed by atoms with Gasteiger partial charge in [-0.1, -0.05) is 32.9 Å². The topological polar surface area (TPSA) is 107 Å². The first-order valence-electron chi connectivity index (χ1n) is 9.25. The Labute approximate surface area is 175 Å². The van der Waals surface area contributed by atoms with Crippen molar-refractivity contribution in [3.8, 4) is 0 Å². The first-order valence-corrected chi connectivity index (χ1v) is 12.1. The van der Waals surface area contributed by atoms with Gasteiger partial charge in [-0.25, -0.2) is 13.2 Å². The van der Waals surface area contributed by atoms with E-state index in [-0.39, 0.29) is 41.1 Å². The molecule has 7 nitrogen and oxygen atoms in total. The maximum atomic E-state index is 12.4. The fourth-order valence-corrected chi connectivity index (χ4v) is 5.75. The lowest BCUT2D eigenvalue weighted by Gasteiger charge is -2.23. The Morgan fingerprint density at radius 2 is 1.86 bits per heavy atom. The fraction of sp³-hybridized carbons (Fsp3) is 0.550. The van der Waals surface area contributed by atoms with E-state index in [2.05, 4.69) is 5.32 Å². The summed E-state index contributed by atoms with van der Waals surface area (Å²) in [5.41, 5.74) is -1.08. The van der Waals surface area contributed by atoms with Gasteiger partial charge in [0.05, 0.1) is 28.4 Å². The van der Waals surface area contributed by atoms with E-state index >= 15 is 0 Å². The molecule has 1 aromatic carbocycles. The van der Waals surface area contributed by atoms with Crippen LogP contribution in [0.1, 0.15) is 44.5 Å². The summed E-state index contributed by atoms with van der Waals surface area (Å²) in [5.74, 6) is -1.09. The van der Waals surface area contributed by atoms with Gasteiger partial charge in [-0.2, -0.15) is 0 Å². The highest BCUT2D eigenvalue weighted by molar-refractivity contribution is 8.00. The molecule has 1 aliphatic heterocycles. The van der Waals surface area contributed by atoms with Crippen LogP contribution in [0.2, 0.25) is 0 Å². The number of rotatable bonds is 7. The van der Waals surface area contributed by atoms with Crippen LogP contribution in [0.5, 0.6) is 0 Å². The van der Waals surface area contributed by atoms with Crippen molar-refractivity contribution in [1.82, 2.24) is 5.32 Å². The van der Waals surface area contributed by atoms with Gasteiger partial charge in [0.1, 0.15) is 0 Å². The molecule has 2 rings (SSSR count). The third-order valence-corrected chi connectivity index (χ3v) is 7.56. The lowest BCUT2D eigenvalue weighted by Crippen LogP contribution is -2.47. The second-order valence-electron chi connectivity index (χ2n) is 8.49. The number of benzene rings is 1. The Balaban J connectivity index is 1.96. The summed E-state index contributed by atoms with van der Waals surface area (Å²) in [6.07, 6.45) is 0.385. The summed E-state index contributed by atoms with van der Waals surface area (Å²) in [6, 6.07) is 6.69. The van der Waals surface area contributed by atoms with Gasteiger partial charge in [0.15, 0.2) is 22.2 Å². The van der Waals surface area contributed by atoms with Gasteiger partial charge in [-0.3, -0.25) is 9.59 Å². The molecule has 1 heterocycles. The highest BCUT2D eigenvalue weighted by Crippen LogP contribution is 2.26. The Hall–Kier alpha value is -1.87. The molecular weight excluding hydrogens is 414 g/mol. The molecule has 29 heavy (non-hydrogen) atoms. The minimum atomic E-state index is -3.12. The molecule has 1 fully saturated rings. The molecule has 1 aromatic rings. The number of hydrogen-bond acceptors (Lipinski definition) is 7. The van der Waals surface area contributed by atoms with Crippen LogP contribution in [-0.2, 0) is 24.2 Å². The molecule has 1 unspecified atom stereocenters. The van der Waals surface area contributed by atoms with E-state index in [1.807, 2.05) is 0 Å². The van der Waals surface area contributed by atoms with E-state index in [0.29, 0.717) is 11.3 Å². The standard InChI is InChI=1S/C20H27NO6S2/c1-19(2,3)16(22)11-27-18(24)14-7-5-6-8-15(14)28-12-17(23)21-20(4)9-10-29(25,26)13-20/h5-8H,9-13H2,1-4H3,(H,21,23). The summed E-state index contributed by atoms with van der Waals surface area (Å²) in [7, 11) is -3.12. The number of esters is 1. The number of carbonyl (C=O) groups excluding carboxylic acids is 3. The minimum absolute atomic E-state index is 0.0286. The Morgan fingerprint density at radius 3 is 2.45 bits per heavy atom. The van der Waals surface area contributed by atoms with Crippen LogP contribution in [0, 0.1) is 5.41 Å². The lowest BCUT2D eigenvalue weighted by molar-refractivity contribution is -0.129. The summed E-state index contributed by atoms with van der Waals surface area (Å²) < 4.78 is 28.5. The van der Waals surface area contributed by atoms with Crippen molar-refractivity contribution in [2.24, 2.45) is 5.41 Å². The van der Waals surface area contributed by atoms with E-state index in [1.165, 1.54) is 0 Å². The van der Waals surface area contributed by atoms with Gasteiger partial charge in [0, 0.05) is 10.3 Å². The van der Waals surface area contributed by atoms with Crippen LogP contribution in [0.15, 0.2) is 29.2 Å². The van der Waals surface area contributed by atoms with Crippen molar-refractivity contribution in [2.75, 3.05) is 23.9 Å². The number of thioether (sulfide) groups is 1. The molecule has 0 radical (unpaired) electrons. The summed E-state index contributed by atoms with van der Waals surface area (Å²) in [5, 5.41) is 2.79. The highest BCUT2D eigenvalue weighted by Gasteiger charge is 2.39. The van der Waals surface area contributed by atoms with Gasteiger partial charge >= 0.3 is 5.97 Å². The molecule has 160 valence electrons. The van der Waals surface area contributed by atoms with E-state index in [9.17, 15) is 22.8 Å². The van der Waals surface area contributed by atoms with Crippen molar-refractivity contribution < 1.29 is 27.5 Å². The maximum Gasteiger partial charge on any atom is 0.339 e. The number of hydrogen-bond donors (Lipinski definition) is 1. The molecule has 0 saturated carbocycles. The molecule has 1 aliphatic rings. The quantitative estimate of drug-likeness (QED) is 0.511. The highest BCUT2D eigenvalue weighted by atomic mass is 32.2. The number of nitrogens with one attached hydrogen (secondary N) is 1. The lowest BCUT2D eigenvalue weighted by atomic mass is 9.91. The van der Waals surface area contributed by atoms with Gasteiger partial charge in [-0.15, -0.1) is 11.8 Å². The first-order chi connectivity index (χ1) is 13.3.